The van der Waals surface area contributed by atoms with Crippen LogP contribution in [-0.2, 0) is 4.79 Å². The zero-order valence-corrected chi connectivity index (χ0v) is 9.68. The highest BCUT2D eigenvalue weighted by Crippen LogP contribution is 2.19. The molecule has 0 amide bonds. The van der Waals surface area contributed by atoms with Crippen LogP contribution in [-0.4, -0.2) is 23.7 Å². The van der Waals surface area contributed by atoms with Gasteiger partial charge in [0.25, 0.3) is 0 Å². The molecule has 0 aromatic heterocycles. The van der Waals surface area contributed by atoms with Crippen molar-refractivity contribution in [2.45, 2.75) is 51.0 Å². The molecule has 15 heavy (non-hydrogen) atoms. The number of rotatable bonds is 8. The highest BCUT2D eigenvalue weighted by molar-refractivity contribution is 5.78. The van der Waals surface area contributed by atoms with Crippen molar-refractivity contribution in [3.8, 4) is 12.3 Å². The van der Waals surface area contributed by atoms with Crippen LogP contribution in [0.3, 0.4) is 0 Å². The maximum absolute atomic E-state index is 11.1. The molecule has 1 unspecified atom stereocenters. The second-order valence-corrected chi connectivity index (χ2v) is 3.76. The zero-order valence-electron chi connectivity index (χ0n) is 9.68. The largest absolute Gasteiger partial charge is 0.480 e. The molecule has 0 aliphatic heterocycles. The third-order valence-corrected chi connectivity index (χ3v) is 2.92. The Morgan fingerprint density at radius 2 is 2.13 bits per heavy atom. The van der Waals surface area contributed by atoms with Gasteiger partial charge in [-0.3, -0.25) is 4.79 Å². The maximum atomic E-state index is 11.1. The summed E-state index contributed by atoms with van der Waals surface area (Å²) >= 11 is 0. The minimum atomic E-state index is -0.760. The second-order valence-electron chi connectivity index (χ2n) is 3.76. The summed E-state index contributed by atoms with van der Waals surface area (Å²) in [5.41, 5.74) is -0.754. The van der Waals surface area contributed by atoms with Crippen molar-refractivity contribution in [3.05, 3.63) is 0 Å². The molecule has 0 rings (SSSR count). The third kappa shape index (κ3) is 4.35. The van der Waals surface area contributed by atoms with Gasteiger partial charge in [-0.05, 0) is 26.3 Å². The van der Waals surface area contributed by atoms with E-state index in [1.165, 1.54) is 0 Å². The Morgan fingerprint density at radius 3 is 2.53 bits per heavy atom. The van der Waals surface area contributed by atoms with Crippen molar-refractivity contribution in [2.75, 3.05) is 7.05 Å². The van der Waals surface area contributed by atoms with E-state index in [2.05, 4.69) is 11.2 Å². The molecule has 0 spiro atoms. The van der Waals surface area contributed by atoms with Gasteiger partial charge < -0.3 is 10.4 Å². The standard InChI is InChI=1S/C12H21NO2/c1-4-6-7-8-9-10-12(5-2,13-3)11(14)15/h1,13H,5-10H2,2-3H3,(H,14,15). The first-order valence-corrected chi connectivity index (χ1v) is 5.48. The highest BCUT2D eigenvalue weighted by Gasteiger charge is 2.33. The van der Waals surface area contributed by atoms with Crippen LogP contribution in [0.2, 0.25) is 0 Å². The number of nitrogens with one attached hydrogen (secondary N) is 1. The van der Waals surface area contributed by atoms with Gasteiger partial charge in [-0.1, -0.05) is 19.8 Å². The van der Waals surface area contributed by atoms with Crippen molar-refractivity contribution in [3.63, 3.8) is 0 Å². The van der Waals surface area contributed by atoms with Crippen molar-refractivity contribution >= 4 is 5.97 Å². The Bertz CT molecular complexity index is 226. The van der Waals surface area contributed by atoms with Gasteiger partial charge in [-0.25, -0.2) is 0 Å². The number of hydrogen-bond donors (Lipinski definition) is 2. The molecular weight excluding hydrogens is 190 g/mol. The van der Waals surface area contributed by atoms with Crippen LogP contribution in [0.15, 0.2) is 0 Å². The van der Waals surface area contributed by atoms with Gasteiger partial charge in [0, 0.05) is 6.42 Å². The molecule has 1 atom stereocenters. The highest BCUT2D eigenvalue weighted by atomic mass is 16.4. The molecule has 3 nitrogen and oxygen atoms in total. The van der Waals surface area contributed by atoms with E-state index >= 15 is 0 Å². The molecule has 0 heterocycles. The Hall–Kier alpha value is -1.01. The molecule has 86 valence electrons. The first-order chi connectivity index (χ1) is 7.13. The van der Waals surface area contributed by atoms with E-state index in [1.807, 2.05) is 6.92 Å². The minimum absolute atomic E-state index is 0.605. The summed E-state index contributed by atoms with van der Waals surface area (Å²) in [6, 6.07) is 0. The number of carboxylic acids is 1. The van der Waals surface area contributed by atoms with E-state index in [4.69, 9.17) is 11.5 Å². The molecule has 0 aliphatic rings. The van der Waals surface area contributed by atoms with Crippen molar-refractivity contribution in [1.29, 1.82) is 0 Å². The molecule has 0 saturated carbocycles. The van der Waals surface area contributed by atoms with Crippen LogP contribution in [0.1, 0.15) is 45.4 Å². The Morgan fingerprint density at radius 1 is 1.47 bits per heavy atom. The molecule has 0 fully saturated rings. The zero-order chi connectivity index (χ0) is 11.7. The smallest absolute Gasteiger partial charge is 0.323 e. The number of unbranched alkanes of at least 4 members (excludes halogenated alkanes) is 3. The third-order valence-electron chi connectivity index (χ3n) is 2.92. The van der Waals surface area contributed by atoms with E-state index in [1.54, 1.807) is 7.05 Å². The summed E-state index contributed by atoms with van der Waals surface area (Å²) < 4.78 is 0. The molecule has 3 heteroatoms. The van der Waals surface area contributed by atoms with Gasteiger partial charge in [0.2, 0.25) is 0 Å². The van der Waals surface area contributed by atoms with E-state index in [-0.39, 0.29) is 0 Å². The molecule has 0 bridgehead atoms. The van der Waals surface area contributed by atoms with Gasteiger partial charge >= 0.3 is 5.97 Å². The number of aliphatic carboxylic acids is 1. The lowest BCUT2D eigenvalue weighted by Gasteiger charge is -2.27. The molecule has 0 radical (unpaired) electrons. The normalized spacial score (nSPS) is 14.2. The van der Waals surface area contributed by atoms with Crippen LogP contribution in [0.4, 0.5) is 0 Å². The topological polar surface area (TPSA) is 49.3 Å². The SMILES string of the molecule is C#CCCCCCC(CC)(NC)C(=O)O. The molecule has 0 aromatic carbocycles. The van der Waals surface area contributed by atoms with Crippen LogP contribution in [0, 0.1) is 12.3 Å². The summed E-state index contributed by atoms with van der Waals surface area (Å²) in [5.74, 6) is 1.82. The lowest BCUT2D eigenvalue weighted by atomic mass is 9.89. The van der Waals surface area contributed by atoms with Gasteiger partial charge in [-0.15, -0.1) is 12.3 Å². The van der Waals surface area contributed by atoms with Crippen LogP contribution in [0.5, 0.6) is 0 Å². The fourth-order valence-corrected chi connectivity index (χ4v) is 1.67. The second kappa shape index (κ2) is 7.30. The Balaban J connectivity index is 3.98. The number of likely N-dealkylation sites (N-methyl/N-ethyl adjacent to an activating group) is 1. The first-order valence-electron chi connectivity index (χ1n) is 5.48. The van der Waals surface area contributed by atoms with Gasteiger partial charge in [0.1, 0.15) is 5.54 Å². The number of carboxylic acid groups (broad SMARTS) is 1. The average molecular weight is 211 g/mol. The fraction of sp³-hybridized carbons (Fsp3) is 0.750. The predicted octanol–water partition coefficient (Wildman–Crippen LogP) is 2.02. The maximum Gasteiger partial charge on any atom is 0.323 e. The van der Waals surface area contributed by atoms with Crippen molar-refractivity contribution in [1.82, 2.24) is 5.32 Å². The summed E-state index contributed by atoms with van der Waals surface area (Å²) in [7, 11) is 1.71. The summed E-state index contributed by atoms with van der Waals surface area (Å²) in [5, 5.41) is 12.0. The predicted molar refractivity (Wildman–Crippen MR) is 61.6 cm³/mol. The van der Waals surface area contributed by atoms with Crippen molar-refractivity contribution < 1.29 is 9.90 Å². The quantitative estimate of drug-likeness (QED) is 0.477. The van der Waals surface area contributed by atoms with Crippen LogP contribution in [0.25, 0.3) is 0 Å². The molecule has 2 N–H and O–H groups in total. The van der Waals surface area contributed by atoms with Crippen LogP contribution >= 0.6 is 0 Å². The number of hydrogen-bond acceptors (Lipinski definition) is 2. The van der Waals surface area contributed by atoms with Gasteiger partial charge in [0.05, 0.1) is 0 Å². The molecule has 0 aromatic rings. The average Bonchev–Trinajstić information content (AvgIpc) is 2.23. The monoisotopic (exact) mass is 211 g/mol. The van der Waals surface area contributed by atoms with Gasteiger partial charge in [-0.2, -0.15) is 0 Å². The summed E-state index contributed by atoms with van der Waals surface area (Å²) in [4.78, 5) is 11.1. The fourth-order valence-electron chi connectivity index (χ4n) is 1.67. The van der Waals surface area contributed by atoms with Crippen LogP contribution < -0.4 is 5.32 Å². The minimum Gasteiger partial charge on any atom is -0.480 e. The lowest BCUT2D eigenvalue weighted by Crippen LogP contribution is -2.49. The Kier molecular flexibility index (Phi) is 6.81. The van der Waals surface area contributed by atoms with E-state index in [9.17, 15) is 4.79 Å². The van der Waals surface area contributed by atoms with E-state index in [0.29, 0.717) is 12.8 Å². The summed E-state index contributed by atoms with van der Waals surface area (Å²) in [6.07, 6.45) is 10.1. The molecule has 0 saturated heterocycles. The van der Waals surface area contributed by atoms with E-state index < -0.39 is 11.5 Å². The van der Waals surface area contributed by atoms with E-state index in [0.717, 1.165) is 25.7 Å². The molecular formula is C12H21NO2. The number of terminal acetylenes is 1. The first kappa shape index (κ1) is 14.0. The van der Waals surface area contributed by atoms with Crippen molar-refractivity contribution in [2.24, 2.45) is 0 Å². The lowest BCUT2D eigenvalue weighted by molar-refractivity contribution is -0.145. The molecule has 0 aliphatic carbocycles. The van der Waals surface area contributed by atoms with Gasteiger partial charge in [0.15, 0.2) is 0 Å². The Labute approximate surface area is 92.3 Å². The summed E-state index contributed by atoms with van der Waals surface area (Å²) in [6.45, 7) is 1.89. The number of carbonyl (C=O) groups is 1.